The fourth-order valence-corrected chi connectivity index (χ4v) is 4.40. The summed E-state index contributed by atoms with van der Waals surface area (Å²) in [5.74, 6) is 1.02. The van der Waals surface area contributed by atoms with Crippen LogP contribution in [-0.4, -0.2) is 23.0 Å². The lowest BCUT2D eigenvalue weighted by Gasteiger charge is -2.18. The zero-order valence-corrected chi connectivity index (χ0v) is 21.6. The first-order chi connectivity index (χ1) is 17.8. The van der Waals surface area contributed by atoms with E-state index in [-0.39, 0.29) is 23.3 Å². The molecule has 8 heteroatoms. The Labute approximate surface area is 219 Å². The van der Waals surface area contributed by atoms with E-state index >= 15 is 0 Å². The highest BCUT2D eigenvalue weighted by molar-refractivity contribution is 7.12. The van der Waals surface area contributed by atoms with Gasteiger partial charge in [-0.25, -0.2) is 0 Å². The highest BCUT2D eigenvalue weighted by Gasteiger charge is 2.20. The van der Waals surface area contributed by atoms with Crippen LogP contribution in [0.1, 0.15) is 34.1 Å². The molecule has 0 radical (unpaired) electrons. The molecule has 0 aliphatic carbocycles. The average molecular weight is 517 g/mol. The lowest BCUT2D eigenvalue weighted by atomic mass is 10.1. The smallest absolute Gasteiger partial charge is 0.265 e. The predicted octanol–water partition coefficient (Wildman–Crippen LogP) is 6.91. The van der Waals surface area contributed by atoms with Gasteiger partial charge in [-0.3, -0.25) is 9.59 Å². The molecule has 3 aromatic carbocycles. The Morgan fingerprint density at radius 3 is 2.30 bits per heavy atom. The van der Waals surface area contributed by atoms with Gasteiger partial charge >= 0.3 is 0 Å². The molecule has 1 atom stereocenters. The quantitative estimate of drug-likeness (QED) is 0.210. The molecule has 4 aromatic rings. The third-order valence-corrected chi connectivity index (χ3v) is 6.46. The van der Waals surface area contributed by atoms with Gasteiger partial charge in [-0.1, -0.05) is 31.2 Å². The van der Waals surface area contributed by atoms with E-state index in [1.165, 1.54) is 17.4 Å². The molecule has 0 saturated heterocycles. The van der Waals surface area contributed by atoms with Crippen molar-refractivity contribution >= 4 is 34.5 Å². The fourth-order valence-electron chi connectivity index (χ4n) is 3.78. The number of aryl methyl sites for hydroxylation is 2. The molecule has 0 aliphatic rings. The van der Waals surface area contributed by atoms with Crippen molar-refractivity contribution in [2.75, 3.05) is 10.6 Å². The van der Waals surface area contributed by atoms with Gasteiger partial charge in [0.2, 0.25) is 0 Å². The molecule has 7 nitrogen and oxygen atoms in total. The molecular weight excluding hydrogens is 488 g/mol. The first-order valence-electron chi connectivity index (χ1n) is 11.8. The Morgan fingerprint density at radius 2 is 1.65 bits per heavy atom. The Hall–Kier alpha value is -4.30. The second kappa shape index (κ2) is 11.6. The minimum absolute atomic E-state index is 0.0876. The molecule has 0 fully saturated rings. The van der Waals surface area contributed by atoms with Crippen LogP contribution in [0.4, 0.5) is 11.4 Å². The minimum Gasteiger partial charge on any atom is -0.506 e. The Balaban J connectivity index is 1.47. The van der Waals surface area contributed by atoms with Crippen molar-refractivity contribution in [2.45, 2.75) is 33.3 Å². The zero-order valence-electron chi connectivity index (χ0n) is 20.8. The lowest BCUT2D eigenvalue weighted by Crippen LogP contribution is -2.32. The number of benzene rings is 3. The van der Waals surface area contributed by atoms with Gasteiger partial charge in [0, 0.05) is 11.8 Å². The van der Waals surface area contributed by atoms with E-state index in [4.69, 9.17) is 9.47 Å². The van der Waals surface area contributed by atoms with Crippen LogP contribution in [0.15, 0.2) is 78.2 Å². The first kappa shape index (κ1) is 25.8. The van der Waals surface area contributed by atoms with Crippen molar-refractivity contribution in [3.63, 3.8) is 0 Å². The number of ether oxygens (including phenoxy) is 2. The van der Waals surface area contributed by atoms with Crippen LogP contribution >= 0.6 is 11.3 Å². The summed E-state index contributed by atoms with van der Waals surface area (Å²) >= 11 is 1.38. The number of rotatable bonds is 9. The van der Waals surface area contributed by atoms with Gasteiger partial charge in [-0.2, -0.15) is 0 Å². The van der Waals surface area contributed by atoms with Crippen LogP contribution in [0.2, 0.25) is 0 Å². The van der Waals surface area contributed by atoms with E-state index in [2.05, 4.69) is 10.6 Å². The number of hydrogen-bond acceptors (Lipinski definition) is 6. The monoisotopic (exact) mass is 516 g/mol. The summed E-state index contributed by atoms with van der Waals surface area (Å²) in [7, 11) is 0. The number of nitrogens with one attached hydrogen (secondary N) is 2. The number of para-hydroxylation sites is 1. The van der Waals surface area contributed by atoms with E-state index in [0.29, 0.717) is 34.2 Å². The maximum Gasteiger partial charge on any atom is 0.265 e. The van der Waals surface area contributed by atoms with Gasteiger partial charge in [0.1, 0.15) is 23.0 Å². The summed E-state index contributed by atoms with van der Waals surface area (Å²) in [4.78, 5) is 25.9. The van der Waals surface area contributed by atoms with Crippen LogP contribution < -0.4 is 20.1 Å². The third kappa shape index (κ3) is 6.48. The molecule has 1 unspecified atom stereocenters. The molecule has 0 spiro atoms. The maximum absolute atomic E-state index is 12.9. The van der Waals surface area contributed by atoms with Crippen molar-refractivity contribution in [3.05, 3.63) is 94.2 Å². The van der Waals surface area contributed by atoms with Crippen molar-refractivity contribution in [1.29, 1.82) is 0 Å². The highest BCUT2D eigenvalue weighted by atomic mass is 32.1. The number of carbonyl (C=O) groups is 2. The molecular formula is C29H28N2O5S. The third-order valence-electron chi connectivity index (χ3n) is 5.59. The highest BCUT2D eigenvalue weighted by Crippen LogP contribution is 2.35. The van der Waals surface area contributed by atoms with E-state index in [1.807, 2.05) is 62.5 Å². The van der Waals surface area contributed by atoms with E-state index < -0.39 is 6.10 Å². The number of phenols is 1. The molecule has 1 heterocycles. The summed E-state index contributed by atoms with van der Waals surface area (Å²) in [6, 6.07) is 21.0. The predicted molar refractivity (Wildman–Crippen MR) is 146 cm³/mol. The van der Waals surface area contributed by atoms with Crippen molar-refractivity contribution in [1.82, 2.24) is 0 Å². The fraction of sp³-hybridized carbons (Fsp3) is 0.172. The number of phenolic OH excluding ortho intramolecular Hbond substituents is 1. The topological polar surface area (TPSA) is 96.9 Å². The van der Waals surface area contributed by atoms with Crippen LogP contribution in [-0.2, 0) is 4.79 Å². The van der Waals surface area contributed by atoms with Gasteiger partial charge in [0.25, 0.3) is 11.8 Å². The number of hydrogen-bond donors (Lipinski definition) is 3. The maximum atomic E-state index is 12.9. The Bertz CT molecular complexity index is 1360. The molecule has 4 rings (SSSR count). The van der Waals surface area contributed by atoms with Crippen LogP contribution in [0.3, 0.4) is 0 Å². The number of carbonyl (C=O) groups excluding carboxylic acids is 2. The van der Waals surface area contributed by atoms with Gasteiger partial charge < -0.3 is 25.2 Å². The van der Waals surface area contributed by atoms with Gasteiger partial charge in [-0.05, 0) is 79.2 Å². The number of aromatic hydroxyl groups is 1. The van der Waals surface area contributed by atoms with Gasteiger partial charge in [0.05, 0.1) is 10.6 Å². The number of anilines is 2. The largest absolute Gasteiger partial charge is 0.506 e. The lowest BCUT2D eigenvalue weighted by molar-refractivity contribution is -0.122. The van der Waals surface area contributed by atoms with Crippen molar-refractivity contribution < 1.29 is 24.2 Å². The molecule has 3 N–H and O–H groups in total. The zero-order chi connectivity index (χ0) is 26.4. The number of thiophene rings is 1. The van der Waals surface area contributed by atoms with Crippen molar-refractivity contribution in [2.24, 2.45) is 0 Å². The molecule has 0 saturated carbocycles. The second-order valence-corrected chi connectivity index (χ2v) is 9.42. The standard InChI is InChI=1S/C29H28N2O5S/c1-4-25(35-21-9-6-5-7-10-21)28(33)31-23-17-22(12-13-24(23)32)36-27-18(2)15-20(16-19(27)3)30-29(34)26-11-8-14-37-26/h5-17,25,32H,4H2,1-3H3,(H,30,34)(H,31,33). The number of amides is 2. The average Bonchev–Trinajstić information content (AvgIpc) is 3.42. The van der Waals surface area contributed by atoms with E-state index in [9.17, 15) is 14.7 Å². The van der Waals surface area contributed by atoms with Crippen LogP contribution in [0.5, 0.6) is 23.0 Å². The van der Waals surface area contributed by atoms with E-state index in [0.717, 1.165) is 11.1 Å². The van der Waals surface area contributed by atoms with Crippen LogP contribution in [0, 0.1) is 13.8 Å². The van der Waals surface area contributed by atoms with Gasteiger partial charge in [-0.15, -0.1) is 11.3 Å². The summed E-state index contributed by atoms with van der Waals surface area (Å²) in [5.41, 5.74) is 2.53. The SMILES string of the molecule is CCC(Oc1ccccc1)C(=O)Nc1cc(Oc2c(C)cc(NC(=O)c3cccs3)cc2C)ccc1O. The normalized spacial score (nSPS) is 11.4. The Morgan fingerprint density at radius 1 is 0.919 bits per heavy atom. The molecule has 37 heavy (non-hydrogen) atoms. The summed E-state index contributed by atoms with van der Waals surface area (Å²) < 4.78 is 11.9. The molecule has 1 aromatic heterocycles. The molecule has 0 bridgehead atoms. The summed E-state index contributed by atoms with van der Waals surface area (Å²) in [6.07, 6.45) is -0.279. The first-order valence-corrected chi connectivity index (χ1v) is 12.7. The summed E-state index contributed by atoms with van der Waals surface area (Å²) in [5, 5.41) is 17.9. The Kier molecular flexibility index (Phi) is 8.10. The second-order valence-electron chi connectivity index (χ2n) is 8.47. The van der Waals surface area contributed by atoms with Gasteiger partial charge in [0.15, 0.2) is 6.10 Å². The molecule has 2 amide bonds. The molecule has 190 valence electrons. The summed E-state index contributed by atoms with van der Waals surface area (Å²) in [6.45, 7) is 5.63. The van der Waals surface area contributed by atoms with E-state index in [1.54, 1.807) is 30.3 Å². The molecule has 0 aliphatic heterocycles. The minimum atomic E-state index is -0.729. The van der Waals surface area contributed by atoms with Crippen LogP contribution in [0.25, 0.3) is 0 Å². The van der Waals surface area contributed by atoms with Crippen molar-refractivity contribution in [3.8, 4) is 23.0 Å².